The Balaban J connectivity index is 1.62. The highest BCUT2D eigenvalue weighted by Gasteiger charge is 2.06. The van der Waals surface area contributed by atoms with Crippen molar-refractivity contribution in [2.45, 2.75) is 20.4 Å². The molecule has 1 aromatic heterocycles. The summed E-state index contributed by atoms with van der Waals surface area (Å²) in [5.41, 5.74) is 7.62. The Kier molecular flexibility index (Phi) is 5.53. The van der Waals surface area contributed by atoms with Gasteiger partial charge in [-0.25, -0.2) is 5.43 Å². The van der Waals surface area contributed by atoms with Gasteiger partial charge in [0.1, 0.15) is 6.54 Å². The van der Waals surface area contributed by atoms with Crippen LogP contribution >= 0.6 is 0 Å². The average molecular weight is 359 g/mol. The van der Waals surface area contributed by atoms with Gasteiger partial charge in [0.25, 0.3) is 5.91 Å². The number of nitrogens with one attached hydrogen (secondary N) is 2. The lowest BCUT2D eigenvalue weighted by Gasteiger charge is -2.07. The smallest absolute Gasteiger partial charge is 0.259 e. The van der Waals surface area contributed by atoms with E-state index in [2.05, 4.69) is 21.9 Å². The largest absolute Gasteiger partial charge is 0.376 e. The highest BCUT2D eigenvalue weighted by Crippen LogP contribution is 2.19. The molecule has 0 fully saturated rings. The molecule has 2 N–H and O–H groups in total. The summed E-state index contributed by atoms with van der Waals surface area (Å²) in [5.74, 6) is -0.231. The lowest BCUT2D eigenvalue weighted by molar-refractivity contribution is -0.119. The Morgan fingerprint density at radius 1 is 1.22 bits per heavy atom. The standard InChI is InChI=1S/C21H21N5O/c1-15-7-8-18(11-16(15)2)23-13-21(27)25-24-12-17-14-26(10-9-22)20-6-4-3-5-19(17)20/h3-8,11-12,14,23H,10,13H2,1-2H3,(H,25,27)/b24-12-. The average Bonchev–Trinajstić information content (AvgIpc) is 3.01. The van der Waals surface area contributed by atoms with E-state index in [1.807, 2.05) is 67.1 Å². The molecule has 0 saturated carbocycles. The number of benzene rings is 2. The third-order valence-electron chi connectivity index (χ3n) is 4.41. The van der Waals surface area contributed by atoms with Crippen LogP contribution in [0.5, 0.6) is 0 Å². The first kappa shape index (κ1) is 18.2. The van der Waals surface area contributed by atoms with Crippen LogP contribution in [-0.2, 0) is 11.3 Å². The molecule has 0 spiro atoms. The molecule has 0 atom stereocenters. The fourth-order valence-corrected chi connectivity index (χ4v) is 2.83. The van der Waals surface area contributed by atoms with Crippen molar-refractivity contribution in [2.24, 2.45) is 5.10 Å². The van der Waals surface area contributed by atoms with E-state index in [1.165, 1.54) is 11.1 Å². The molecule has 136 valence electrons. The first-order valence-corrected chi connectivity index (χ1v) is 8.66. The first-order chi connectivity index (χ1) is 13.1. The van der Waals surface area contributed by atoms with Gasteiger partial charge in [0.15, 0.2) is 0 Å². The van der Waals surface area contributed by atoms with Gasteiger partial charge in [0.05, 0.1) is 18.8 Å². The zero-order valence-electron chi connectivity index (χ0n) is 15.4. The van der Waals surface area contributed by atoms with Crippen LogP contribution in [0.1, 0.15) is 16.7 Å². The number of hydrogen-bond donors (Lipinski definition) is 2. The van der Waals surface area contributed by atoms with E-state index in [0.29, 0.717) is 0 Å². The number of nitrogens with zero attached hydrogens (tertiary/aromatic N) is 3. The van der Waals surface area contributed by atoms with E-state index < -0.39 is 0 Å². The summed E-state index contributed by atoms with van der Waals surface area (Å²) in [7, 11) is 0. The lowest BCUT2D eigenvalue weighted by Crippen LogP contribution is -2.25. The number of aryl methyl sites for hydroxylation is 2. The van der Waals surface area contributed by atoms with Crippen molar-refractivity contribution >= 4 is 28.7 Å². The predicted octanol–water partition coefficient (Wildman–Crippen LogP) is 3.34. The minimum absolute atomic E-state index is 0.135. The topological polar surface area (TPSA) is 82.2 Å². The molecule has 0 saturated heterocycles. The van der Waals surface area contributed by atoms with E-state index in [1.54, 1.807) is 6.21 Å². The Bertz CT molecular complexity index is 1040. The molecule has 2 aromatic carbocycles. The van der Waals surface area contributed by atoms with Crippen LogP contribution < -0.4 is 10.7 Å². The summed E-state index contributed by atoms with van der Waals surface area (Å²) < 4.78 is 1.86. The number of amides is 1. The van der Waals surface area contributed by atoms with Crippen LogP contribution in [-0.4, -0.2) is 23.2 Å². The van der Waals surface area contributed by atoms with Crippen molar-refractivity contribution < 1.29 is 4.79 Å². The SMILES string of the molecule is Cc1ccc(NCC(=O)N/N=C\c2cn(CC#N)c3ccccc23)cc1C. The van der Waals surface area contributed by atoms with E-state index in [4.69, 9.17) is 5.26 Å². The van der Waals surface area contributed by atoms with Crippen molar-refractivity contribution in [3.05, 3.63) is 65.4 Å². The quantitative estimate of drug-likeness (QED) is 0.523. The Labute approximate surface area is 158 Å². The number of nitriles is 1. The maximum atomic E-state index is 12.0. The zero-order chi connectivity index (χ0) is 19.2. The monoisotopic (exact) mass is 359 g/mol. The highest BCUT2D eigenvalue weighted by molar-refractivity contribution is 5.99. The molecule has 1 heterocycles. The van der Waals surface area contributed by atoms with Crippen LogP contribution in [0.15, 0.2) is 53.8 Å². The Hall–Kier alpha value is -3.59. The maximum absolute atomic E-state index is 12.0. The Morgan fingerprint density at radius 3 is 2.81 bits per heavy atom. The van der Waals surface area contributed by atoms with E-state index in [-0.39, 0.29) is 19.0 Å². The van der Waals surface area contributed by atoms with Crippen LogP contribution in [0, 0.1) is 25.2 Å². The first-order valence-electron chi connectivity index (χ1n) is 8.66. The molecule has 6 heteroatoms. The van der Waals surface area contributed by atoms with Gasteiger partial charge >= 0.3 is 0 Å². The molecule has 0 bridgehead atoms. The molecule has 0 unspecified atom stereocenters. The van der Waals surface area contributed by atoms with Gasteiger partial charge in [0.2, 0.25) is 0 Å². The summed E-state index contributed by atoms with van der Waals surface area (Å²) >= 11 is 0. The number of para-hydroxylation sites is 1. The van der Waals surface area contributed by atoms with Gasteiger partial charge in [-0.1, -0.05) is 24.3 Å². The summed E-state index contributed by atoms with van der Waals surface area (Å²) in [5, 5.41) is 17.1. The van der Waals surface area contributed by atoms with Crippen molar-refractivity contribution in [2.75, 3.05) is 11.9 Å². The molecule has 0 aliphatic carbocycles. The van der Waals surface area contributed by atoms with Gasteiger partial charge in [0, 0.05) is 28.4 Å². The minimum atomic E-state index is -0.231. The lowest BCUT2D eigenvalue weighted by atomic mass is 10.1. The molecular formula is C21H21N5O. The number of hydrazone groups is 1. The van der Waals surface area contributed by atoms with Gasteiger partial charge in [-0.2, -0.15) is 10.4 Å². The zero-order valence-corrected chi connectivity index (χ0v) is 15.4. The van der Waals surface area contributed by atoms with Crippen LogP contribution in [0.3, 0.4) is 0 Å². The molecule has 27 heavy (non-hydrogen) atoms. The van der Waals surface area contributed by atoms with Crippen molar-refractivity contribution in [1.29, 1.82) is 5.26 Å². The molecule has 6 nitrogen and oxygen atoms in total. The fraction of sp³-hybridized carbons (Fsp3) is 0.190. The van der Waals surface area contributed by atoms with Crippen molar-refractivity contribution in [1.82, 2.24) is 9.99 Å². The molecule has 0 radical (unpaired) electrons. The third kappa shape index (κ3) is 4.33. The van der Waals surface area contributed by atoms with Gasteiger partial charge in [-0.3, -0.25) is 4.79 Å². The number of fused-ring (bicyclic) bond motifs is 1. The van der Waals surface area contributed by atoms with Gasteiger partial charge in [-0.15, -0.1) is 0 Å². The van der Waals surface area contributed by atoms with Crippen molar-refractivity contribution in [3.8, 4) is 6.07 Å². The normalized spacial score (nSPS) is 10.9. The second-order valence-electron chi connectivity index (χ2n) is 6.33. The maximum Gasteiger partial charge on any atom is 0.259 e. The number of aromatic nitrogens is 1. The number of carbonyl (C=O) groups is 1. The van der Waals surface area contributed by atoms with E-state index in [9.17, 15) is 4.79 Å². The van der Waals surface area contributed by atoms with Crippen LogP contribution in [0.2, 0.25) is 0 Å². The summed E-state index contributed by atoms with van der Waals surface area (Å²) in [6, 6.07) is 15.9. The summed E-state index contributed by atoms with van der Waals surface area (Å²) in [4.78, 5) is 12.0. The number of carbonyl (C=O) groups excluding carboxylic acids is 1. The number of hydrogen-bond acceptors (Lipinski definition) is 4. The van der Waals surface area contributed by atoms with E-state index >= 15 is 0 Å². The molecule has 3 rings (SSSR count). The second-order valence-corrected chi connectivity index (χ2v) is 6.33. The summed E-state index contributed by atoms with van der Waals surface area (Å²) in [6.07, 6.45) is 3.46. The van der Waals surface area contributed by atoms with Gasteiger partial charge < -0.3 is 9.88 Å². The molecular weight excluding hydrogens is 338 g/mol. The minimum Gasteiger partial charge on any atom is -0.376 e. The third-order valence-corrected chi connectivity index (χ3v) is 4.41. The second kappa shape index (κ2) is 8.19. The van der Waals surface area contributed by atoms with E-state index in [0.717, 1.165) is 22.2 Å². The number of anilines is 1. The Morgan fingerprint density at radius 2 is 2.04 bits per heavy atom. The predicted molar refractivity (Wildman–Crippen MR) is 108 cm³/mol. The molecule has 1 amide bonds. The highest BCUT2D eigenvalue weighted by atomic mass is 16.2. The molecule has 3 aromatic rings. The summed E-state index contributed by atoms with van der Waals surface area (Å²) in [6.45, 7) is 4.48. The van der Waals surface area contributed by atoms with Gasteiger partial charge in [-0.05, 0) is 43.2 Å². The van der Waals surface area contributed by atoms with Crippen LogP contribution in [0.25, 0.3) is 10.9 Å². The van der Waals surface area contributed by atoms with Crippen molar-refractivity contribution in [3.63, 3.8) is 0 Å². The fourth-order valence-electron chi connectivity index (χ4n) is 2.83. The van der Waals surface area contributed by atoms with Crippen LogP contribution in [0.4, 0.5) is 5.69 Å². The molecule has 0 aliphatic heterocycles. The number of rotatable bonds is 6. The molecule has 0 aliphatic rings.